The minimum absolute atomic E-state index is 0.0666. The van der Waals surface area contributed by atoms with Crippen LogP contribution in [0.1, 0.15) is 17.5 Å². The standard InChI is InChI=1S/C14H21NO3/c1-11-4-3-5-12(8-11)9-14(17)15-13(10-16)6-7-18-2/h3-5,8,13,16H,6-7,9-10H2,1-2H3,(H,15,17). The lowest BCUT2D eigenvalue weighted by Crippen LogP contribution is -2.39. The van der Waals surface area contributed by atoms with E-state index in [0.29, 0.717) is 19.4 Å². The highest BCUT2D eigenvalue weighted by molar-refractivity contribution is 5.78. The summed E-state index contributed by atoms with van der Waals surface area (Å²) in [7, 11) is 1.60. The van der Waals surface area contributed by atoms with Gasteiger partial charge in [-0.05, 0) is 18.9 Å². The summed E-state index contributed by atoms with van der Waals surface area (Å²) in [6, 6.07) is 7.61. The minimum Gasteiger partial charge on any atom is -0.394 e. The number of hydrogen-bond donors (Lipinski definition) is 2. The topological polar surface area (TPSA) is 58.6 Å². The van der Waals surface area contributed by atoms with Gasteiger partial charge in [-0.1, -0.05) is 29.8 Å². The molecule has 0 saturated carbocycles. The summed E-state index contributed by atoms with van der Waals surface area (Å²) in [5.41, 5.74) is 2.12. The number of aliphatic hydroxyl groups is 1. The Morgan fingerprint density at radius 3 is 2.89 bits per heavy atom. The minimum atomic E-state index is -0.234. The normalized spacial score (nSPS) is 12.2. The zero-order valence-corrected chi connectivity index (χ0v) is 11.0. The average molecular weight is 251 g/mol. The molecule has 0 aromatic heterocycles. The highest BCUT2D eigenvalue weighted by Crippen LogP contribution is 2.05. The molecule has 1 rings (SSSR count). The Labute approximate surface area is 108 Å². The fourth-order valence-electron chi connectivity index (χ4n) is 1.76. The van der Waals surface area contributed by atoms with Crippen LogP contribution in [0, 0.1) is 6.92 Å². The number of hydrogen-bond acceptors (Lipinski definition) is 3. The van der Waals surface area contributed by atoms with E-state index in [1.807, 2.05) is 31.2 Å². The lowest BCUT2D eigenvalue weighted by Gasteiger charge is -2.15. The van der Waals surface area contributed by atoms with Crippen LogP contribution in [-0.2, 0) is 16.0 Å². The zero-order chi connectivity index (χ0) is 13.4. The number of nitrogens with one attached hydrogen (secondary N) is 1. The Hall–Kier alpha value is -1.39. The molecule has 1 aromatic carbocycles. The molecule has 1 amide bonds. The molecule has 0 fully saturated rings. The number of ether oxygens (including phenoxy) is 1. The SMILES string of the molecule is COCCC(CO)NC(=O)Cc1cccc(C)c1. The molecule has 0 aliphatic rings. The second-order valence-electron chi connectivity index (χ2n) is 4.39. The van der Waals surface area contributed by atoms with Crippen molar-refractivity contribution >= 4 is 5.91 Å². The van der Waals surface area contributed by atoms with Gasteiger partial charge in [-0.3, -0.25) is 4.79 Å². The summed E-state index contributed by atoms with van der Waals surface area (Å²) in [6.07, 6.45) is 0.956. The van der Waals surface area contributed by atoms with Crippen LogP contribution in [0.3, 0.4) is 0 Å². The van der Waals surface area contributed by atoms with Crippen LogP contribution in [0.5, 0.6) is 0 Å². The molecule has 0 bridgehead atoms. The largest absolute Gasteiger partial charge is 0.394 e. The van der Waals surface area contributed by atoms with E-state index in [1.165, 1.54) is 0 Å². The van der Waals surface area contributed by atoms with Gasteiger partial charge in [0.15, 0.2) is 0 Å². The van der Waals surface area contributed by atoms with Gasteiger partial charge in [0.05, 0.1) is 19.1 Å². The number of benzene rings is 1. The molecule has 4 nitrogen and oxygen atoms in total. The second kappa shape index (κ2) is 7.84. The first kappa shape index (κ1) is 14.7. The van der Waals surface area contributed by atoms with E-state index >= 15 is 0 Å². The van der Waals surface area contributed by atoms with Crippen molar-refractivity contribution in [2.24, 2.45) is 0 Å². The van der Waals surface area contributed by atoms with Crippen molar-refractivity contribution in [2.75, 3.05) is 20.3 Å². The summed E-state index contributed by atoms with van der Waals surface area (Å²) >= 11 is 0. The number of amides is 1. The van der Waals surface area contributed by atoms with Gasteiger partial charge in [0.25, 0.3) is 0 Å². The summed E-state index contributed by atoms with van der Waals surface area (Å²) in [6.45, 7) is 2.45. The Morgan fingerprint density at radius 1 is 1.50 bits per heavy atom. The van der Waals surface area contributed by atoms with Crippen molar-refractivity contribution in [1.82, 2.24) is 5.32 Å². The number of aliphatic hydroxyl groups excluding tert-OH is 1. The number of rotatable bonds is 7. The molecule has 0 heterocycles. The lowest BCUT2D eigenvalue weighted by atomic mass is 10.1. The predicted octanol–water partition coefficient (Wildman–Crippen LogP) is 1.05. The molecular formula is C14H21NO3. The van der Waals surface area contributed by atoms with Crippen molar-refractivity contribution in [3.8, 4) is 0 Å². The van der Waals surface area contributed by atoms with Gasteiger partial charge in [-0.2, -0.15) is 0 Å². The maximum atomic E-state index is 11.8. The van der Waals surface area contributed by atoms with E-state index in [4.69, 9.17) is 9.84 Å². The maximum Gasteiger partial charge on any atom is 0.224 e. The third kappa shape index (κ3) is 5.29. The summed E-state index contributed by atoms with van der Waals surface area (Å²) < 4.78 is 4.93. The fourth-order valence-corrected chi connectivity index (χ4v) is 1.76. The van der Waals surface area contributed by atoms with Crippen LogP contribution in [0.2, 0.25) is 0 Å². The third-order valence-electron chi connectivity index (χ3n) is 2.70. The smallest absolute Gasteiger partial charge is 0.224 e. The summed E-state index contributed by atoms with van der Waals surface area (Å²) in [4.78, 5) is 11.8. The Morgan fingerprint density at radius 2 is 2.28 bits per heavy atom. The van der Waals surface area contributed by atoms with Crippen molar-refractivity contribution < 1.29 is 14.6 Å². The van der Waals surface area contributed by atoms with Crippen molar-refractivity contribution in [3.63, 3.8) is 0 Å². The first-order valence-electron chi connectivity index (χ1n) is 6.10. The molecule has 4 heteroatoms. The zero-order valence-electron chi connectivity index (χ0n) is 11.0. The van der Waals surface area contributed by atoms with Crippen LogP contribution in [0.4, 0.5) is 0 Å². The molecule has 0 aliphatic heterocycles. The van der Waals surface area contributed by atoms with Crippen LogP contribution >= 0.6 is 0 Å². The molecular weight excluding hydrogens is 230 g/mol. The molecule has 0 spiro atoms. The van der Waals surface area contributed by atoms with E-state index in [-0.39, 0.29) is 18.6 Å². The van der Waals surface area contributed by atoms with Crippen LogP contribution in [-0.4, -0.2) is 37.4 Å². The fraction of sp³-hybridized carbons (Fsp3) is 0.500. The van der Waals surface area contributed by atoms with Gasteiger partial charge in [-0.25, -0.2) is 0 Å². The summed E-state index contributed by atoms with van der Waals surface area (Å²) in [5.74, 6) is -0.0734. The molecule has 100 valence electrons. The van der Waals surface area contributed by atoms with Gasteiger partial charge >= 0.3 is 0 Å². The third-order valence-corrected chi connectivity index (χ3v) is 2.70. The Balaban J connectivity index is 2.45. The lowest BCUT2D eigenvalue weighted by molar-refractivity contribution is -0.121. The van der Waals surface area contributed by atoms with Crippen molar-refractivity contribution in [1.29, 1.82) is 0 Å². The quantitative estimate of drug-likeness (QED) is 0.761. The van der Waals surface area contributed by atoms with E-state index < -0.39 is 0 Å². The molecule has 0 radical (unpaired) electrons. The number of carbonyl (C=O) groups excluding carboxylic acids is 1. The van der Waals surface area contributed by atoms with Crippen LogP contribution in [0.15, 0.2) is 24.3 Å². The number of aryl methyl sites for hydroxylation is 1. The van der Waals surface area contributed by atoms with Crippen LogP contribution in [0.25, 0.3) is 0 Å². The monoisotopic (exact) mass is 251 g/mol. The predicted molar refractivity (Wildman–Crippen MR) is 70.4 cm³/mol. The van der Waals surface area contributed by atoms with Gasteiger partial charge in [0.2, 0.25) is 5.91 Å². The van der Waals surface area contributed by atoms with Crippen molar-refractivity contribution in [2.45, 2.75) is 25.8 Å². The maximum absolute atomic E-state index is 11.8. The van der Waals surface area contributed by atoms with Crippen LogP contribution < -0.4 is 5.32 Å². The highest BCUT2D eigenvalue weighted by atomic mass is 16.5. The average Bonchev–Trinajstić information content (AvgIpc) is 2.34. The van der Waals surface area contributed by atoms with E-state index in [9.17, 15) is 4.79 Å². The molecule has 1 unspecified atom stereocenters. The molecule has 0 aliphatic carbocycles. The highest BCUT2D eigenvalue weighted by Gasteiger charge is 2.11. The van der Waals surface area contributed by atoms with E-state index in [0.717, 1.165) is 11.1 Å². The van der Waals surface area contributed by atoms with Gasteiger partial charge < -0.3 is 15.2 Å². The molecule has 2 N–H and O–H groups in total. The molecule has 18 heavy (non-hydrogen) atoms. The molecule has 1 aromatic rings. The Bertz CT molecular complexity index is 379. The molecule has 1 atom stereocenters. The van der Waals surface area contributed by atoms with E-state index in [1.54, 1.807) is 7.11 Å². The van der Waals surface area contributed by atoms with Gasteiger partial charge in [0.1, 0.15) is 0 Å². The first-order chi connectivity index (χ1) is 8.65. The van der Waals surface area contributed by atoms with Gasteiger partial charge in [0, 0.05) is 13.7 Å². The number of carbonyl (C=O) groups is 1. The second-order valence-corrected chi connectivity index (χ2v) is 4.39. The van der Waals surface area contributed by atoms with Crippen molar-refractivity contribution in [3.05, 3.63) is 35.4 Å². The summed E-state index contributed by atoms with van der Waals surface area (Å²) in [5, 5.41) is 11.9. The van der Waals surface area contributed by atoms with E-state index in [2.05, 4.69) is 5.32 Å². The molecule has 0 saturated heterocycles. The number of methoxy groups -OCH3 is 1. The Kier molecular flexibility index (Phi) is 6.39. The first-order valence-corrected chi connectivity index (χ1v) is 6.10. The van der Waals surface area contributed by atoms with Gasteiger partial charge in [-0.15, -0.1) is 0 Å².